The maximum Gasteiger partial charge on any atom is 0.270 e. The molecule has 1 fully saturated rings. The van der Waals surface area contributed by atoms with Gasteiger partial charge in [0.05, 0.1) is 9.82 Å². The van der Waals surface area contributed by atoms with Crippen molar-refractivity contribution >= 4 is 21.4 Å². The van der Waals surface area contributed by atoms with Crippen LogP contribution in [-0.4, -0.2) is 43.3 Å². The van der Waals surface area contributed by atoms with Gasteiger partial charge in [-0.15, -0.1) is 0 Å². The van der Waals surface area contributed by atoms with Crippen LogP contribution < -0.4 is 4.90 Å². The lowest BCUT2D eigenvalue weighted by atomic mass is 10.2. The Balaban J connectivity index is 1.81. The molecule has 0 radical (unpaired) electrons. The average Bonchev–Trinajstić information content (AvgIpc) is 2.62. The van der Waals surface area contributed by atoms with Crippen molar-refractivity contribution < 1.29 is 13.3 Å². The van der Waals surface area contributed by atoms with Gasteiger partial charge in [0.15, 0.2) is 0 Å². The number of rotatable bonds is 4. The van der Waals surface area contributed by atoms with Gasteiger partial charge in [-0.25, -0.2) is 8.42 Å². The Hall–Kier alpha value is -2.45. The van der Waals surface area contributed by atoms with Gasteiger partial charge in [0, 0.05) is 43.5 Å². The molecule has 7 nitrogen and oxygen atoms in total. The van der Waals surface area contributed by atoms with Crippen molar-refractivity contribution in [3.63, 3.8) is 0 Å². The SMILES string of the molecule is CC1CN(S(=O)(=O)c2cccc([N+](=O)[O-])c2)CCN1c1ccccc1. The van der Waals surface area contributed by atoms with Crippen molar-refractivity contribution in [3.8, 4) is 0 Å². The number of benzene rings is 2. The molecular weight excluding hydrogens is 342 g/mol. The van der Waals surface area contributed by atoms with Crippen molar-refractivity contribution in [1.82, 2.24) is 4.31 Å². The number of sulfonamides is 1. The van der Waals surface area contributed by atoms with Crippen molar-refractivity contribution in [2.75, 3.05) is 24.5 Å². The van der Waals surface area contributed by atoms with Crippen molar-refractivity contribution in [1.29, 1.82) is 0 Å². The molecule has 1 heterocycles. The van der Waals surface area contributed by atoms with E-state index in [1.54, 1.807) is 0 Å². The lowest BCUT2D eigenvalue weighted by molar-refractivity contribution is -0.385. The molecule has 3 rings (SSSR count). The van der Waals surface area contributed by atoms with E-state index in [-0.39, 0.29) is 16.6 Å². The van der Waals surface area contributed by atoms with Crippen LogP contribution in [0.3, 0.4) is 0 Å². The van der Waals surface area contributed by atoms with Crippen molar-refractivity contribution in [2.45, 2.75) is 17.9 Å². The first-order valence-electron chi connectivity index (χ1n) is 7.96. The average molecular weight is 361 g/mol. The number of anilines is 1. The van der Waals surface area contributed by atoms with Gasteiger partial charge in [-0.05, 0) is 25.1 Å². The van der Waals surface area contributed by atoms with Crippen LogP contribution in [0.15, 0.2) is 59.5 Å². The molecule has 1 aliphatic rings. The molecule has 0 spiro atoms. The summed E-state index contributed by atoms with van der Waals surface area (Å²) < 4.78 is 27.1. The van der Waals surface area contributed by atoms with E-state index in [1.807, 2.05) is 37.3 Å². The zero-order valence-corrected chi connectivity index (χ0v) is 14.6. The van der Waals surface area contributed by atoms with Gasteiger partial charge in [0.1, 0.15) is 0 Å². The normalized spacial score (nSPS) is 18.9. The molecule has 1 saturated heterocycles. The third-order valence-corrected chi connectivity index (χ3v) is 6.21. The topological polar surface area (TPSA) is 83.8 Å². The number of para-hydroxylation sites is 1. The quantitative estimate of drug-likeness (QED) is 0.617. The van der Waals surface area contributed by atoms with Gasteiger partial charge in [0.2, 0.25) is 10.0 Å². The molecule has 0 aliphatic carbocycles. The minimum Gasteiger partial charge on any atom is -0.366 e. The molecule has 2 aromatic rings. The van der Waals surface area contributed by atoms with Crippen LogP contribution in [0.5, 0.6) is 0 Å². The molecule has 1 aliphatic heterocycles. The molecule has 0 saturated carbocycles. The summed E-state index contributed by atoms with van der Waals surface area (Å²) >= 11 is 0. The molecular formula is C17H19N3O4S. The minimum absolute atomic E-state index is 0.00428. The zero-order chi connectivity index (χ0) is 18.0. The summed E-state index contributed by atoms with van der Waals surface area (Å²) in [6.45, 7) is 3.21. The van der Waals surface area contributed by atoms with Crippen LogP contribution in [-0.2, 0) is 10.0 Å². The number of piperazine rings is 1. The van der Waals surface area contributed by atoms with E-state index in [0.29, 0.717) is 19.6 Å². The van der Waals surface area contributed by atoms with E-state index in [2.05, 4.69) is 4.90 Å². The van der Waals surface area contributed by atoms with Gasteiger partial charge < -0.3 is 4.90 Å². The monoisotopic (exact) mass is 361 g/mol. The first kappa shape index (κ1) is 17.4. The number of nitrogens with zero attached hydrogens (tertiary/aromatic N) is 3. The molecule has 25 heavy (non-hydrogen) atoms. The number of hydrogen-bond donors (Lipinski definition) is 0. The van der Waals surface area contributed by atoms with E-state index in [4.69, 9.17) is 0 Å². The molecule has 1 unspecified atom stereocenters. The van der Waals surface area contributed by atoms with Gasteiger partial charge in [0.25, 0.3) is 5.69 Å². The lowest BCUT2D eigenvalue weighted by Crippen LogP contribution is -2.53. The maximum atomic E-state index is 12.8. The Morgan fingerprint density at radius 2 is 1.80 bits per heavy atom. The Kier molecular flexibility index (Phi) is 4.73. The van der Waals surface area contributed by atoms with Gasteiger partial charge in [-0.1, -0.05) is 24.3 Å². The minimum atomic E-state index is -3.75. The third kappa shape index (κ3) is 3.49. The fraction of sp³-hybridized carbons (Fsp3) is 0.294. The van der Waals surface area contributed by atoms with E-state index < -0.39 is 14.9 Å². The Labute approximate surface area is 146 Å². The maximum absolute atomic E-state index is 12.8. The van der Waals surface area contributed by atoms with E-state index in [0.717, 1.165) is 11.8 Å². The highest BCUT2D eigenvalue weighted by molar-refractivity contribution is 7.89. The molecule has 0 amide bonds. The molecule has 132 valence electrons. The fourth-order valence-electron chi connectivity index (χ4n) is 3.05. The second-order valence-electron chi connectivity index (χ2n) is 6.00. The van der Waals surface area contributed by atoms with E-state index >= 15 is 0 Å². The standard InChI is InChI=1S/C17H19N3O4S/c1-14-13-18(10-11-19(14)15-6-3-2-4-7-15)25(23,24)17-9-5-8-16(12-17)20(21)22/h2-9,12,14H,10-11,13H2,1H3. The van der Waals surface area contributed by atoms with Gasteiger partial charge in [-0.3, -0.25) is 10.1 Å². The second kappa shape index (κ2) is 6.81. The highest BCUT2D eigenvalue weighted by Crippen LogP contribution is 2.25. The van der Waals surface area contributed by atoms with Gasteiger partial charge in [-0.2, -0.15) is 4.31 Å². The predicted molar refractivity (Wildman–Crippen MR) is 95.1 cm³/mol. The molecule has 0 aromatic heterocycles. The number of nitro groups is 1. The highest BCUT2D eigenvalue weighted by Gasteiger charge is 2.32. The van der Waals surface area contributed by atoms with Crippen LogP contribution in [0, 0.1) is 10.1 Å². The highest BCUT2D eigenvalue weighted by atomic mass is 32.2. The van der Waals surface area contributed by atoms with E-state index in [9.17, 15) is 18.5 Å². The summed E-state index contributed by atoms with van der Waals surface area (Å²) in [4.78, 5) is 12.4. The Morgan fingerprint density at radius 3 is 2.44 bits per heavy atom. The summed E-state index contributed by atoms with van der Waals surface area (Å²) in [5, 5.41) is 10.9. The smallest absolute Gasteiger partial charge is 0.270 e. The summed E-state index contributed by atoms with van der Waals surface area (Å²) in [5.74, 6) is 0. The molecule has 2 aromatic carbocycles. The summed E-state index contributed by atoms with van der Waals surface area (Å²) in [7, 11) is -3.75. The number of non-ortho nitro benzene ring substituents is 1. The Bertz CT molecular complexity index is 870. The molecule has 0 bridgehead atoms. The van der Waals surface area contributed by atoms with Crippen LogP contribution in [0.1, 0.15) is 6.92 Å². The summed E-state index contributed by atoms with van der Waals surface area (Å²) in [5.41, 5.74) is 0.833. The third-order valence-electron chi connectivity index (χ3n) is 4.34. The second-order valence-corrected chi connectivity index (χ2v) is 7.93. The van der Waals surface area contributed by atoms with Crippen LogP contribution in [0.25, 0.3) is 0 Å². The first-order chi connectivity index (χ1) is 11.9. The molecule has 1 atom stereocenters. The van der Waals surface area contributed by atoms with E-state index in [1.165, 1.54) is 22.5 Å². The predicted octanol–water partition coefficient (Wildman–Crippen LogP) is 2.49. The largest absolute Gasteiger partial charge is 0.366 e. The lowest BCUT2D eigenvalue weighted by Gasteiger charge is -2.40. The first-order valence-corrected chi connectivity index (χ1v) is 9.40. The fourth-order valence-corrected chi connectivity index (χ4v) is 4.60. The number of nitro benzene ring substituents is 1. The van der Waals surface area contributed by atoms with Gasteiger partial charge >= 0.3 is 0 Å². The summed E-state index contributed by atoms with van der Waals surface area (Å²) in [6.07, 6.45) is 0. The van der Waals surface area contributed by atoms with Crippen molar-refractivity contribution in [3.05, 3.63) is 64.7 Å². The van der Waals surface area contributed by atoms with Crippen LogP contribution in [0.2, 0.25) is 0 Å². The van der Waals surface area contributed by atoms with Crippen molar-refractivity contribution in [2.24, 2.45) is 0 Å². The summed E-state index contributed by atoms with van der Waals surface area (Å²) in [6, 6.07) is 15.1. The number of hydrogen-bond acceptors (Lipinski definition) is 5. The van der Waals surface area contributed by atoms with Crippen LogP contribution in [0.4, 0.5) is 11.4 Å². The van der Waals surface area contributed by atoms with Crippen LogP contribution >= 0.6 is 0 Å². The zero-order valence-electron chi connectivity index (χ0n) is 13.8. The molecule has 0 N–H and O–H groups in total. The molecule has 8 heteroatoms. The Morgan fingerprint density at radius 1 is 1.08 bits per heavy atom.